The van der Waals surface area contributed by atoms with Crippen molar-refractivity contribution >= 4 is 27.8 Å². The highest BCUT2D eigenvalue weighted by molar-refractivity contribution is 7.92. The van der Waals surface area contributed by atoms with Gasteiger partial charge in [-0.05, 0) is 75.2 Å². The lowest BCUT2D eigenvalue weighted by Crippen LogP contribution is -2.25. The van der Waals surface area contributed by atoms with E-state index in [1.165, 1.54) is 18.2 Å². The maximum Gasteiger partial charge on any atom is 0.271 e. The van der Waals surface area contributed by atoms with Crippen molar-refractivity contribution in [2.24, 2.45) is 5.10 Å². The van der Waals surface area contributed by atoms with E-state index in [2.05, 4.69) is 47.1 Å². The molecule has 0 aliphatic carbocycles. The fourth-order valence-corrected chi connectivity index (χ4v) is 3.99. The number of hydrogen-bond acceptors (Lipinski definition) is 4. The summed E-state index contributed by atoms with van der Waals surface area (Å²) in [4.78, 5) is 12.4. The molecule has 0 aliphatic heterocycles. The van der Waals surface area contributed by atoms with Gasteiger partial charge in [-0.25, -0.2) is 13.8 Å². The van der Waals surface area contributed by atoms with Gasteiger partial charge in [0.25, 0.3) is 5.91 Å². The molecule has 0 radical (unpaired) electrons. The molecule has 0 aliphatic rings. The van der Waals surface area contributed by atoms with Crippen molar-refractivity contribution in [3.05, 3.63) is 82.2 Å². The maximum absolute atomic E-state index is 12.4. The first-order valence-corrected chi connectivity index (χ1v) is 12.0. The smallest absolute Gasteiger partial charge is 0.271 e. The Hall–Kier alpha value is -3.39. The first-order valence-electron chi connectivity index (χ1n) is 10.1. The summed E-state index contributed by atoms with van der Waals surface area (Å²) < 4.78 is 26.6. The van der Waals surface area contributed by atoms with Crippen LogP contribution in [-0.4, -0.2) is 38.4 Å². The van der Waals surface area contributed by atoms with Crippen LogP contribution in [0.3, 0.4) is 0 Å². The zero-order valence-electron chi connectivity index (χ0n) is 19.2. The van der Waals surface area contributed by atoms with E-state index in [0.29, 0.717) is 11.3 Å². The van der Waals surface area contributed by atoms with Crippen LogP contribution in [0.5, 0.6) is 0 Å². The Bertz CT molecular complexity index is 1290. The minimum Gasteiger partial charge on any atom is -0.318 e. The Labute approximate surface area is 189 Å². The number of benzene rings is 2. The van der Waals surface area contributed by atoms with Gasteiger partial charge in [0, 0.05) is 35.2 Å². The molecule has 1 amide bonds. The second-order valence-electron chi connectivity index (χ2n) is 7.93. The Morgan fingerprint density at radius 3 is 2.31 bits per heavy atom. The van der Waals surface area contributed by atoms with Crippen molar-refractivity contribution in [2.45, 2.75) is 27.7 Å². The third kappa shape index (κ3) is 4.91. The van der Waals surface area contributed by atoms with Crippen molar-refractivity contribution in [1.29, 1.82) is 0 Å². The zero-order valence-corrected chi connectivity index (χ0v) is 20.0. The number of nitrogens with one attached hydrogen (secondary N) is 1. The van der Waals surface area contributed by atoms with Gasteiger partial charge in [-0.1, -0.05) is 12.1 Å². The van der Waals surface area contributed by atoms with Crippen molar-refractivity contribution in [3.8, 4) is 5.69 Å². The number of amides is 1. The lowest BCUT2D eigenvalue weighted by atomic mass is 10.1. The molecule has 8 heteroatoms. The largest absolute Gasteiger partial charge is 0.318 e. The summed E-state index contributed by atoms with van der Waals surface area (Å²) in [5.74, 6) is -0.377. The van der Waals surface area contributed by atoms with Gasteiger partial charge in [0.05, 0.1) is 18.2 Å². The fraction of sp³-hybridized carbons (Fsp3) is 0.250. The highest BCUT2D eigenvalue weighted by Crippen LogP contribution is 2.23. The Morgan fingerprint density at radius 1 is 1.03 bits per heavy atom. The van der Waals surface area contributed by atoms with Crippen molar-refractivity contribution in [2.75, 3.05) is 17.6 Å². The minimum absolute atomic E-state index is 0.377. The van der Waals surface area contributed by atoms with Gasteiger partial charge in [-0.3, -0.25) is 9.10 Å². The van der Waals surface area contributed by atoms with E-state index < -0.39 is 10.0 Å². The highest BCUT2D eigenvalue weighted by atomic mass is 32.2. The standard InChI is InChI=1S/C24H28N4O3S/c1-16-7-8-17(2)23(13-16)28-18(3)14-21(19(28)4)15-25-26-24(29)20-9-11-22(12-10-20)27(5)32(6,30)31/h7-15H,1-6H3,(H,26,29)/b25-15-. The van der Waals surface area contributed by atoms with E-state index in [-0.39, 0.29) is 5.91 Å². The van der Waals surface area contributed by atoms with Gasteiger partial charge in [-0.2, -0.15) is 5.10 Å². The number of hydrogen-bond donors (Lipinski definition) is 1. The van der Waals surface area contributed by atoms with E-state index in [1.54, 1.807) is 30.5 Å². The molecule has 0 spiro atoms. The molecule has 1 N–H and O–H groups in total. The zero-order chi connectivity index (χ0) is 23.6. The predicted octanol–water partition coefficient (Wildman–Crippen LogP) is 3.87. The first kappa shape index (κ1) is 23.3. The van der Waals surface area contributed by atoms with Crippen molar-refractivity contribution in [3.63, 3.8) is 0 Å². The van der Waals surface area contributed by atoms with E-state index in [1.807, 2.05) is 19.9 Å². The fourth-order valence-electron chi connectivity index (χ4n) is 3.49. The van der Waals surface area contributed by atoms with Crippen LogP contribution >= 0.6 is 0 Å². The Kier molecular flexibility index (Phi) is 6.55. The van der Waals surface area contributed by atoms with Gasteiger partial charge in [0.2, 0.25) is 10.0 Å². The molecular formula is C24H28N4O3S. The minimum atomic E-state index is -3.36. The number of anilines is 1. The molecule has 0 saturated carbocycles. The van der Waals surface area contributed by atoms with Gasteiger partial charge >= 0.3 is 0 Å². The summed E-state index contributed by atoms with van der Waals surface area (Å²) in [6.45, 7) is 8.22. The first-order chi connectivity index (χ1) is 15.0. The number of carbonyl (C=O) groups is 1. The van der Waals surface area contributed by atoms with Crippen LogP contribution in [0.1, 0.15) is 38.4 Å². The van der Waals surface area contributed by atoms with E-state index in [4.69, 9.17) is 0 Å². The summed E-state index contributed by atoms with van der Waals surface area (Å²) in [6, 6.07) is 14.7. The summed E-state index contributed by atoms with van der Waals surface area (Å²) in [5.41, 5.74) is 9.91. The topological polar surface area (TPSA) is 83.8 Å². The van der Waals surface area contributed by atoms with Crippen LogP contribution in [-0.2, 0) is 10.0 Å². The van der Waals surface area contributed by atoms with E-state index in [0.717, 1.165) is 33.2 Å². The lowest BCUT2D eigenvalue weighted by Gasteiger charge is -2.16. The molecule has 0 atom stereocenters. The van der Waals surface area contributed by atoms with Crippen LogP contribution < -0.4 is 9.73 Å². The molecule has 2 aromatic carbocycles. The van der Waals surface area contributed by atoms with Gasteiger partial charge in [0.15, 0.2) is 0 Å². The number of carbonyl (C=O) groups excluding carboxylic acids is 1. The Balaban J connectivity index is 1.75. The SMILES string of the molecule is Cc1ccc(C)c(-n2c(C)cc(/C=N\NC(=O)c3ccc(N(C)S(C)(=O)=O)cc3)c2C)c1. The number of rotatable bonds is 6. The number of aromatic nitrogens is 1. The number of hydrazone groups is 1. The summed E-state index contributed by atoms with van der Waals surface area (Å²) in [5, 5.41) is 4.12. The normalized spacial score (nSPS) is 11.7. The number of sulfonamides is 1. The average Bonchev–Trinajstić information content (AvgIpc) is 3.01. The molecule has 3 aromatic rings. The molecule has 1 heterocycles. The third-order valence-electron chi connectivity index (χ3n) is 5.44. The monoisotopic (exact) mass is 452 g/mol. The van der Waals surface area contributed by atoms with Gasteiger partial charge in [-0.15, -0.1) is 0 Å². The maximum atomic E-state index is 12.4. The Morgan fingerprint density at radius 2 is 1.69 bits per heavy atom. The molecule has 168 valence electrons. The van der Waals surface area contributed by atoms with Crippen LogP contribution in [0.4, 0.5) is 5.69 Å². The lowest BCUT2D eigenvalue weighted by molar-refractivity contribution is 0.0955. The molecule has 0 saturated heterocycles. The number of nitrogens with zero attached hydrogens (tertiary/aromatic N) is 3. The molecule has 0 bridgehead atoms. The quantitative estimate of drug-likeness (QED) is 0.455. The van der Waals surface area contributed by atoms with Crippen molar-refractivity contribution in [1.82, 2.24) is 9.99 Å². The summed E-state index contributed by atoms with van der Waals surface area (Å²) in [7, 11) is -1.90. The van der Waals surface area contributed by atoms with E-state index in [9.17, 15) is 13.2 Å². The van der Waals surface area contributed by atoms with Crippen LogP contribution in [0.15, 0.2) is 53.6 Å². The average molecular weight is 453 g/mol. The second-order valence-corrected chi connectivity index (χ2v) is 9.94. The van der Waals surface area contributed by atoms with Gasteiger partial charge in [0.1, 0.15) is 0 Å². The predicted molar refractivity (Wildman–Crippen MR) is 129 cm³/mol. The van der Waals surface area contributed by atoms with Crippen LogP contribution in [0.25, 0.3) is 5.69 Å². The molecule has 3 rings (SSSR count). The molecule has 0 unspecified atom stereocenters. The third-order valence-corrected chi connectivity index (χ3v) is 6.64. The highest BCUT2D eigenvalue weighted by Gasteiger charge is 2.14. The molecule has 32 heavy (non-hydrogen) atoms. The summed E-state index contributed by atoms with van der Waals surface area (Å²) in [6.07, 6.45) is 2.76. The molecular weight excluding hydrogens is 424 g/mol. The molecule has 0 fully saturated rings. The van der Waals surface area contributed by atoms with E-state index >= 15 is 0 Å². The van der Waals surface area contributed by atoms with Crippen LogP contribution in [0, 0.1) is 27.7 Å². The molecule has 1 aromatic heterocycles. The second kappa shape index (κ2) is 9.00. The van der Waals surface area contributed by atoms with Crippen LogP contribution in [0.2, 0.25) is 0 Å². The molecule has 7 nitrogen and oxygen atoms in total. The summed E-state index contributed by atoms with van der Waals surface area (Å²) >= 11 is 0. The van der Waals surface area contributed by atoms with Gasteiger partial charge < -0.3 is 4.57 Å². The number of aryl methyl sites for hydroxylation is 3. The van der Waals surface area contributed by atoms with Crippen molar-refractivity contribution < 1.29 is 13.2 Å².